The van der Waals surface area contributed by atoms with Crippen LogP contribution in [0.3, 0.4) is 0 Å². The van der Waals surface area contributed by atoms with Crippen molar-refractivity contribution in [3.05, 3.63) is 40.4 Å². The molecule has 100 valence electrons. The van der Waals surface area contributed by atoms with E-state index in [1.54, 1.807) is 31.4 Å². The van der Waals surface area contributed by atoms with Gasteiger partial charge >= 0.3 is 0 Å². The number of nitriles is 1. The Morgan fingerprint density at radius 1 is 1.53 bits per heavy atom. The molecule has 0 aliphatic carbocycles. The van der Waals surface area contributed by atoms with Crippen molar-refractivity contribution >= 4 is 23.6 Å². The van der Waals surface area contributed by atoms with Crippen LogP contribution in [0, 0.1) is 11.3 Å². The van der Waals surface area contributed by atoms with Crippen molar-refractivity contribution in [3.8, 4) is 6.07 Å². The molecule has 1 N–H and O–H groups in total. The van der Waals surface area contributed by atoms with Gasteiger partial charge in [-0.25, -0.2) is 0 Å². The smallest absolute Gasteiger partial charge is 0.261 e. The molecule has 0 bridgehead atoms. The maximum atomic E-state index is 11.8. The number of nitrogens with one attached hydrogen (secondary N) is 1. The fourth-order valence-corrected chi connectivity index (χ4v) is 1.60. The Kier molecular flexibility index (Phi) is 6.65. The molecule has 0 fully saturated rings. The number of benzene rings is 1. The number of methoxy groups -OCH3 is 1. The lowest BCUT2D eigenvalue weighted by molar-refractivity contribution is -0.117. The summed E-state index contributed by atoms with van der Waals surface area (Å²) in [6, 6.07) is 8.92. The first-order valence-electron chi connectivity index (χ1n) is 5.82. The molecule has 0 unspecified atom stereocenters. The van der Waals surface area contributed by atoms with Crippen LogP contribution in [0.5, 0.6) is 0 Å². The van der Waals surface area contributed by atoms with Gasteiger partial charge in [0, 0.05) is 25.3 Å². The Balaban J connectivity index is 2.70. The van der Waals surface area contributed by atoms with Crippen LogP contribution in [-0.4, -0.2) is 26.2 Å². The van der Waals surface area contributed by atoms with Crippen molar-refractivity contribution in [2.24, 2.45) is 0 Å². The van der Waals surface area contributed by atoms with Crippen LogP contribution >= 0.6 is 11.6 Å². The Morgan fingerprint density at radius 3 is 2.89 bits per heavy atom. The molecule has 0 aliphatic heterocycles. The first-order valence-corrected chi connectivity index (χ1v) is 6.20. The topological polar surface area (TPSA) is 62.1 Å². The largest absolute Gasteiger partial charge is 0.385 e. The van der Waals surface area contributed by atoms with Crippen molar-refractivity contribution in [1.29, 1.82) is 5.26 Å². The normalized spacial score (nSPS) is 10.9. The molecule has 19 heavy (non-hydrogen) atoms. The van der Waals surface area contributed by atoms with Crippen LogP contribution in [0.25, 0.3) is 6.08 Å². The molecule has 0 saturated heterocycles. The number of amides is 1. The highest BCUT2D eigenvalue weighted by Gasteiger charge is 2.09. The van der Waals surface area contributed by atoms with Gasteiger partial charge in [0.05, 0.1) is 0 Å². The highest BCUT2D eigenvalue weighted by Crippen LogP contribution is 2.18. The van der Waals surface area contributed by atoms with E-state index in [0.29, 0.717) is 30.2 Å². The second-order valence-corrected chi connectivity index (χ2v) is 4.20. The second kappa shape index (κ2) is 8.30. The number of carbonyl (C=O) groups is 1. The van der Waals surface area contributed by atoms with Crippen LogP contribution in [0.2, 0.25) is 5.02 Å². The summed E-state index contributed by atoms with van der Waals surface area (Å²) in [6.07, 6.45) is 2.18. The maximum Gasteiger partial charge on any atom is 0.261 e. The van der Waals surface area contributed by atoms with E-state index in [9.17, 15) is 4.79 Å². The molecule has 1 aromatic carbocycles. The summed E-state index contributed by atoms with van der Waals surface area (Å²) in [6.45, 7) is 1.03. The number of rotatable bonds is 6. The molecule has 1 rings (SSSR count). The van der Waals surface area contributed by atoms with Gasteiger partial charge in [-0.3, -0.25) is 4.79 Å². The molecule has 0 saturated carbocycles. The zero-order valence-corrected chi connectivity index (χ0v) is 11.4. The number of nitrogens with zero attached hydrogens (tertiary/aromatic N) is 1. The molecular weight excluding hydrogens is 264 g/mol. The summed E-state index contributed by atoms with van der Waals surface area (Å²) in [5.41, 5.74) is 0.679. The van der Waals surface area contributed by atoms with Gasteiger partial charge in [0.1, 0.15) is 11.6 Å². The zero-order chi connectivity index (χ0) is 14.1. The SMILES string of the molecule is COCCCNC(=O)/C(C#N)=C/c1ccccc1Cl. The van der Waals surface area contributed by atoms with E-state index in [1.807, 2.05) is 6.07 Å². The Morgan fingerprint density at radius 2 is 2.26 bits per heavy atom. The zero-order valence-electron chi connectivity index (χ0n) is 10.6. The van der Waals surface area contributed by atoms with Gasteiger partial charge in [-0.1, -0.05) is 29.8 Å². The molecule has 4 nitrogen and oxygen atoms in total. The molecule has 1 amide bonds. The number of ether oxygens (including phenoxy) is 1. The minimum Gasteiger partial charge on any atom is -0.385 e. The lowest BCUT2D eigenvalue weighted by Crippen LogP contribution is -2.26. The van der Waals surface area contributed by atoms with Crippen molar-refractivity contribution in [3.63, 3.8) is 0 Å². The first kappa shape index (κ1) is 15.2. The molecule has 0 spiro atoms. The molecule has 0 heterocycles. The van der Waals surface area contributed by atoms with Gasteiger partial charge in [-0.15, -0.1) is 0 Å². The molecule has 0 aliphatic rings. The van der Waals surface area contributed by atoms with Crippen molar-refractivity contribution in [2.75, 3.05) is 20.3 Å². The van der Waals surface area contributed by atoms with E-state index in [2.05, 4.69) is 5.32 Å². The van der Waals surface area contributed by atoms with E-state index < -0.39 is 5.91 Å². The maximum absolute atomic E-state index is 11.8. The van der Waals surface area contributed by atoms with Crippen LogP contribution < -0.4 is 5.32 Å². The van der Waals surface area contributed by atoms with Crippen molar-refractivity contribution < 1.29 is 9.53 Å². The minimum absolute atomic E-state index is 0.0329. The Hall–Kier alpha value is -1.83. The molecular formula is C14H15ClN2O2. The van der Waals surface area contributed by atoms with Gasteiger partial charge in [0.15, 0.2) is 0 Å². The Labute approximate surface area is 117 Å². The van der Waals surface area contributed by atoms with Gasteiger partial charge in [-0.05, 0) is 24.1 Å². The summed E-state index contributed by atoms with van der Waals surface area (Å²) < 4.78 is 4.87. The van der Waals surface area contributed by atoms with Gasteiger partial charge in [0.25, 0.3) is 5.91 Å². The first-order chi connectivity index (χ1) is 9.19. The third-order valence-electron chi connectivity index (χ3n) is 2.38. The quantitative estimate of drug-likeness (QED) is 0.494. The van der Waals surface area contributed by atoms with Gasteiger partial charge in [0.2, 0.25) is 0 Å². The standard InChI is InChI=1S/C14H15ClN2O2/c1-19-8-4-7-17-14(18)12(10-16)9-11-5-2-3-6-13(11)15/h2-3,5-6,9H,4,7-8H2,1H3,(H,17,18)/b12-9+. The van der Waals surface area contributed by atoms with E-state index in [-0.39, 0.29) is 5.57 Å². The third-order valence-corrected chi connectivity index (χ3v) is 2.73. The fourth-order valence-electron chi connectivity index (χ4n) is 1.41. The second-order valence-electron chi connectivity index (χ2n) is 3.79. The Bertz CT molecular complexity index is 506. The van der Waals surface area contributed by atoms with E-state index in [1.165, 1.54) is 6.08 Å². The fraction of sp³-hybridized carbons (Fsp3) is 0.286. The van der Waals surface area contributed by atoms with Crippen molar-refractivity contribution in [2.45, 2.75) is 6.42 Å². The van der Waals surface area contributed by atoms with Crippen LogP contribution in [0.15, 0.2) is 29.8 Å². The average molecular weight is 279 g/mol. The molecule has 0 aromatic heterocycles. The number of hydrogen-bond acceptors (Lipinski definition) is 3. The summed E-state index contributed by atoms with van der Waals surface area (Å²) in [5.74, 6) is -0.404. The summed E-state index contributed by atoms with van der Waals surface area (Å²) in [7, 11) is 1.60. The van der Waals surface area contributed by atoms with E-state index >= 15 is 0 Å². The lowest BCUT2D eigenvalue weighted by atomic mass is 10.1. The summed E-state index contributed by atoms with van der Waals surface area (Å²) >= 11 is 5.97. The van der Waals surface area contributed by atoms with Gasteiger partial charge in [-0.2, -0.15) is 5.26 Å². The molecule has 0 radical (unpaired) electrons. The average Bonchev–Trinajstić information content (AvgIpc) is 2.42. The summed E-state index contributed by atoms with van der Waals surface area (Å²) in [5, 5.41) is 12.2. The number of carbonyl (C=O) groups excluding carboxylic acids is 1. The third kappa shape index (κ3) is 5.12. The summed E-state index contributed by atoms with van der Waals surface area (Å²) in [4.78, 5) is 11.8. The molecule has 1 aromatic rings. The van der Waals surface area contributed by atoms with Gasteiger partial charge < -0.3 is 10.1 Å². The van der Waals surface area contributed by atoms with E-state index in [4.69, 9.17) is 21.6 Å². The monoisotopic (exact) mass is 278 g/mol. The molecule has 0 atom stereocenters. The van der Waals surface area contributed by atoms with Crippen molar-refractivity contribution in [1.82, 2.24) is 5.32 Å². The highest BCUT2D eigenvalue weighted by molar-refractivity contribution is 6.32. The number of hydrogen-bond donors (Lipinski definition) is 1. The van der Waals surface area contributed by atoms with Crippen LogP contribution in [0.4, 0.5) is 0 Å². The van der Waals surface area contributed by atoms with Crippen LogP contribution in [0.1, 0.15) is 12.0 Å². The highest BCUT2D eigenvalue weighted by atomic mass is 35.5. The van der Waals surface area contributed by atoms with Crippen LogP contribution in [-0.2, 0) is 9.53 Å². The number of halogens is 1. The molecule has 5 heteroatoms. The minimum atomic E-state index is -0.404. The predicted molar refractivity (Wildman–Crippen MR) is 74.5 cm³/mol. The predicted octanol–water partition coefficient (Wildman–Crippen LogP) is 2.40. The van der Waals surface area contributed by atoms with E-state index in [0.717, 1.165) is 0 Å². The lowest BCUT2D eigenvalue weighted by Gasteiger charge is -2.04.